The van der Waals surface area contributed by atoms with E-state index in [0.717, 1.165) is 51.4 Å². The van der Waals surface area contributed by atoms with E-state index in [2.05, 4.69) is 18.2 Å². The smallest absolute Gasteiger partial charge is 0.326 e. The van der Waals surface area contributed by atoms with Gasteiger partial charge in [0.15, 0.2) is 0 Å². The lowest BCUT2D eigenvalue weighted by Crippen LogP contribution is -2.34. The van der Waals surface area contributed by atoms with Gasteiger partial charge < -0.3 is 9.47 Å². The molecule has 0 saturated carbocycles. The highest BCUT2D eigenvalue weighted by molar-refractivity contribution is 8.18. The van der Waals surface area contributed by atoms with Crippen molar-refractivity contribution < 1.29 is 23.9 Å². The van der Waals surface area contributed by atoms with E-state index in [1.54, 1.807) is 6.08 Å². The Morgan fingerprint density at radius 1 is 1.03 bits per heavy atom. The van der Waals surface area contributed by atoms with Crippen molar-refractivity contribution in [1.29, 1.82) is 0 Å². The number of esters is 1. The van der Waals surface area contributed by atoms with Crippen molar-refractivity contribution in [2.24, 2.45) is 0 Å². The molecule has 1 fully saturated rings. The van der Waals surface area contributed by atoms with Gasteiger partial charge >= 0.3 is 5.97 Å². The van der Waals surface area contributed by atoms with Crippen LogP contribution in [0.25, 0.3) is 16.8 Å². The summed E-state index contributed by atoms with van der Waals surface area (Å²) >= 11 is 0.814. The van der Waals surface area contributed by atoms with Crippen molar-refractivity contribution in [3.8, 4) is 5.75 Å². The lowest BCUT2D eigenvalue weighted by molar-refractivity contribution is -0.146. The quantitative estimate of drug-likeness (QED) is 0.221. The van der Waals surface area contributed by atoms with Gasteiger partial charge in [-0.15, -0.1) is 0 Å². The summed E-state index contributed by atoms with van der Waals surface area (Å²) in [6, 6.07) is 21.6. The van der Waals surface area contributed by atoms with E-state index in [-0.39, 0.29) is 18.1 Å². The standard InChI is InChI=1S/C27H25NO5S/c1-2-3-14-32-25(29)17-28-26(30)24(34-27(28)31)16-19-8-6-12-22(15-19)33-18-21-11-7-10-20-9-4-5-13-23(20)21/h4-13,15-16H,2-3,14,17-18H2,1H3/b24-16+. The second-order valence-corrected chi connectivity index (χ2v) is 8.83. The van der Waals surface area contributed by atoms with Crippen LogP contribution in [0.2, 0.25) is 0 Å². The number of carbonyl (C=O) groups excluding carboxylic acids is 3. The molecule has 1 aliphatic rings. The zero-order valence-corrected chi connectivity index (χ0v) is 19.7. The number of carbonyl (C=O) groups is 3. The number of rotatable bonds is 9. The summed E-state index contributed by atoms with van der Waals surface area (Å²) in [5, 5.41) is 1.82. The maximum atomic E-state index is 12.7. The molecule has 4 rings (SSSR count). The fraction of sp³-hybridized carbons (Fsp3) is 0.222. The van der Waals surface area contributed by atoms with Gasteiger partial charge in [0.05, 0.1) is 11.5 Å². The first-order valence-electron chi connectivity index (χ1n) is 11.2. The van der Waals surface area contributed by atoms with Gasteiger partial charge in [-0.05, 0) is 58.3 Å². The van der Waals surface area contributed by atoms with Crippen molar-refractivity contribution in [1.82, 2.24) is 4.90 Å². The first kappa shape index (κ1) is 23.6. The minimum Gasteiger partial charge on any atom is -0.489 e. The van der Waals surface area contributed by atoms with E-state index in [4.69, 9.17) is 9.47 Å². The fourth-order valence-electron chi connectivity index (χ4n) is 3.57. The third-order valence-corrected chi connectivity index (χ3v) is 6.26. The normalized spacial score (nSPS) is 14.7. The van der Waals surface area contributed by atoms with E-state index >= 15 is 0 Å². The van der Waals surface area contributed by atoms with Crippen LogP contribution in [0.4, 0.5) is 4.79 Å². The predicted molar refractivity (Wildman–Crippen MR) is 133 cm³/mol. The molecule has 0 aromatic heterocycles. The Morgan fingerprint density at radius 2 is 1.82 bits per heavy atom. The number of amides is 2. The van der Waals surface area contributed by atoms with Crippen LogP contribution in [0.3, 0.4) is 0 Å². The average molecular weight is 476 g/mol. The summed E-state index contributed by atoms with van der Waals surface area (Å²) in [5.41, 5.74) is 1.81. The van der Waals surface area contributed by atoms with Gasteiger partial charge in [-0.25, -0.2) is 0 Å². The van der Waals surface area contributed by atoms with E-state index in [1.165, 1.54) is 0 Å². The van der Waals surface area contributed by atoms with E-state index < -0.39 is 17.1 Å². The molecule has 3 aromatic rings. The highest BCUT2D eigenvalue weighted by Crippen LogP contribution is 2.32. The highest BCUT2D eigenvalue weighted by Gasteiger charge is 2.36. The summed E-state index contributed by atoms with van der Waals surface area (Å²) in [4.78, 5) is 38.1. The number of ether oxygens (including phenoxy) is 2. The van der Waals surface area contributed by atoms with Gasteiger partial charge in [-0.2, -0.15) is 0 Å². The van der Waals surface area contributed by atoms with Crippen LogP contribution in [-0.2, 0) is 20.9 Å². The van der Waals surface area contributed by atoms with Gasteiger partial charge in [0.25, 0.3) is 11.1 Å². The van der Waals surface area contributed by atoms with Crippen LogP contribution in [0, 0.1) is 0 Å². The maximum absolute atomic E-state index is 12.7. The molecule has 3 aromatic carbocycles. The Morgan fingerprint density at radius 3 is 2.68 bits per heavy atom. The SMILES string of the molecule is CCCCOC(=O)CN1C(=O)S/C(=C/c2cccc(OCc3cccc4ccccc34)c2)C1=O. The number of benzene rings is 3. The molecule has 2 amide bonds. The minimum absolute atomic E-state index is 0.262. The Balaban J connectivity index is 1.42. The van der Waals surface area contributed by atoms with E-state index in [0.29, 0.717) is 12.4 Å². The molecule has 6 nitrogen and oxygen atoms in total. The Hall–Kier alpha value is -3.58. The summed E-state index contributed by atoms with van der Waals surface area (Å²) in [7, 11) is 0. The van der Waals surface area contributed by atoms with Crippen LogP contribution in [-0.4, -0.2) is 35.2 Å². The predicted octanol–water partition coefficient (Wildman–Crippen LogP) is 5.80. The minimum atomic E-state index is -0.583. The number of fused-ring (bicyclic) bond motifs is 1. The third-order valence-electron chi connectivity index (χ3n) is 5.35. The molecule has 1 heterocycles. The van der Waals surface area contributed by atoms with E-state index in [9.17, 15) is 14.4 Å². The summed E-state index contributed by atoms with van der Waals surface area (Å²) in [6.07, 6.45) is 3.27. The zero-order chi connectivity index (χ0) is 23.9. The fourth-order valence-corrected chi connectivity index (χ4v) is 4.40. The first-order chi connectivity index (χ1) is 16.5. The van der Waals surface area contributed by atoms with Crippen molar-refractivity contribution in [2.45, 2.75) is 26.4 Å². The van der Waals surface area contributed by atoms with Crippen LogP contribution >= 0.6 is 11.8 Å². The number of nitrogens with zero attached hydrogens (tertiary/aromatic N) is 1. The lowest BCUT2D eigenvalue weighted by atomic mass is 10.1. The van der Waals surface area contributed by atoms with Crippen molar-refractivity contribution in [3.05, 3.63) is 82.8 Å². The van der Waals surface area contributed by atoms with Crippen LogP contribution in [0.5, 0.6) is 5.75 Å². The molecular formula is C27H25NO5S. The molecule has 0 unspecified atom stereocenters. The number of hydrogen-bond acceptors (Lipinski definition) is 6. The number of unbranched alkanes of at least 4 members (excludes halogenated alkanes) is 1. The number of hydrogen-bond donors (Lipinski definition) is 0. The molecule has 1 aliphatic heterocycles. The van der Waals surface area contributed by atoms with Crippen LogP contribution in [0.15, 0.2) is 71.6 Å². The largest absolute Gasteiger partial charge is 0.489 e. The van der Waals surface area contributed by atoms with Gasteiger partial charge in [0.1, 0.15) is 18.9 Å². The molecule has 0 spiro atoms. The summed E-state index contributed by atoms with van der Waals surface area (Å²) in [6.45, 7) is 2.30. The van der Waals surface area contributed by atoms with Gasteiger partial charge in [-0.1, -0.05) is 67.9 Å². The molecule has 0 N–H and O–H groups in total. The molecule has 0 atom stereocenters. The topological polar surface area (TPSA) is 72.9 Å². The van der Waals surface area contributed by atoms with Gasteiger partial charge in [0.2, 0.25) is 0 Å². The first-order valence-corrected chi connectivity index (χ1v) is 12.0. The Labute approximate surface area is 202 Å². The Kier molecular flexibility index (Phi) is 7.65. The van der Waals surface area contributed by atoms with Crippen LogP contribution < -0.4 is 4.74 Å². The van der Waals surface area contributed by atoms with Crippen molar-refractivity contribution in [3.63, 3.8) is 0 Å². The molecule has 0 bridgehead atoms. The third kappa shape index (κ3) is 5.66. The highest BCUT2D eigenvalue weighted by atomic mass is 32.2. The molecule has 1 saturated heterocycles. The summed E-state index contributed by atoms with van der Waals surface area (Å²) in [5.74, 6) is -0.425. The average Bonchev–Trinajstić information content (AvgIpc) is 3.10. The second kappa shape index (κ2) is 11.0. The molecule has 7 heteroatoms. The molecule has 0 radical (unpaired) electrons. The maximum Gasteiger partial charge on any atom is 0.326 e. The van der Waals surface area contributed by atoms with Crippen molar-refractivity contribution in [2.75, 3.05) is 13.2 Å². The van der Waals surface area contributed by atoms with Gasteiger partial charge in [0, 0.05) is 0 Å². The van der Waals surface area contributed by atoms with Crippen molar-refractivity contribution >= 4 is 45.7 Å². The molecular weight excluding hydrogens is 450 g/mol. The van der Waals surface area contributed by atoms with Gasteiger partial charge in [-0.3, -0.25) is 19.3 Å². The molecule has 34 heavy (non-hydrogen) atoms. The molecule has 0 aliphatic carbocycles. The van der Waals surface area contributed by atoms with E-state index in [1.807, 2.05) is 55.5 Å². The zero-order valence-electron chi connectivity index (χ0n) is 18.9. The Bertz CT molecular complexity index is 1250. The number of thioether (sulfide) groups is 1. The second-order valence-electron chi connectivity index (χ2n) is 7.84. The van der Waals surface area contributed by atoms with Crippen LogP contribution in [0.1, 0.15) is 30.9 Å². The number of imide groups is 1. The lowest BCUT2D eigenvalue weighted by Gasteiger charge is -2.11. The summed E-state index contributed by atoms with van der Waals surface area (Å²) < 4.78 is 11.1. The molecule has 174 valence electrons. The monoisotopic (exact) mass is 475 g/mol.